The van der Waals surface area contributed by atoms with Crippen molar-refractivity contribution in [1.82, 2.24) is 10.3 Å². The predicted molar refractivity (Wildman–Crippen MR) is 70.6 cm³/mol. The number of thiophene rings is 1. The summed E-state index contributed by atoms with van der Waals surface area (Å²) in [6, 6.07) is 7.28. The summed E-state index contributed by atoms with van der Waals surface area (Å²) >= 11 is 1.21. The number of nitro groups is 1. The highest BCUT2D eigenvalue weighted by molar-refractivity contribution is 7.15. The Kier molecular flexibility index (Phi) is 4.38. The molecule has 0 saturated heterocycles. The Morgan fingerprint density at radius 3 is 2.94 bits per heavy atom. The molecular formula is C12H13N3O2S. The molecule has 0 spiro atoms. The lowest BCUT2D eigenvalue weighted by molar-refractivity contribution is -0.380. The molecule has 5 nitrogen and oxygen atoms in total. The highest BCUT2D eigenvalue weighted by Gasteiger charge is 2.08. The van der Waals surface area contributed by atoms with E-state index in [0.29, 0.717) is 6.54 Å². The lowest BCUT2D eigenvalue weighted by Gasteiger charge is -2.02. The summed E-state index contributed by atoms with van der Waals surface area (Å²) in [7, 11) is 0. The summed E-state index contributed by atoms with van der Waals surface area (Å²) in [5.41, 5.74) is 1.18. The van der Waals surface area contributed by atoms with Gasteiger partial charge in [-0.25, -0.2) is 0 Å². The first-order valence-corrected chi connectivity index (χ1v) is 6.40. The molecule has 18 heavy (non-hydrogen) atoms. The summed E-state index contributed by atoms with van der Waals surface area (Å²) in [6.07, 6.45) is 4.50. The molecule has 2 rings (SSSR count). The molecule has 0 aliphatic heterocycles. The van der Waals surface area contributed by atoms with Crippen molar-refractivity contribution >= 4 is 16.3 Å². The van der Waals surface area contributed by atoms with Gasteiger partial charge in [0.2, 0.25) is 0 Å². The maximum absolute atomic E-state index is 10.5. The molecule has 94 valence electrons. The molecule has 2 heterocycles. The van der Waals surface area contributed by atoms with E-state index in [-0.39, 0.29) is 9.92 Å². The summed E-state index contributed by atoms with van der Waals surface area (Å²) in [6.45, 7) is 1.50. The van der Waals surface area contributed by atoms with E-state index in [1.807, 2.05) is 18.3 Å². The van der Waals surface area contributed by atoms with Crippen LogP contribution in [0, 0.1) is 10.1 Å². The van der Waals surface area contributed by atoms with E-state index in [2.05, 4.69) is 10.3 Å². The largest absolute Gasteiger partial charge is 0.324 e. The number of nitrogens with zero attached hydrogens (tertiary/aromatic N) is 2. The molecule has 6 heteroatoms. The van der Waals surface area contributed by atoms with E-state index in [1.54, 1.807) is 18.3 Å². The minimum atomic E-state index is -0.357. The van der Waals surface area contributed by atoms with Crippen molar-refractivity contribution in [3.8, 4) is 0 Å². The van der Waals surface area contributed by atoms with Crippen molar-refractivity contribution in [2.75, 3.05) is 6.54 Å². The van der Waals surface area contributed by atoms with Gasteiger partial charge in [0.25, 0.3) is 0 Å². The molecule has 0 saturated carbocycles. The van der Waals surface area contributed by atoms with Gasteiger partial charge in [0.05, 0.1) is 4.92 Å². The van der Waals surface area contributed by atoms with E-state index < -0.39 is 0 Å². The zero-order chi connectivity index (χ0) is 12.8. The Labute approximate surface area is 109 Å². The van der Waals surface area contributed by atoms with Gasteiger partial charge in [0.1, 0.15) is 0 Å². The maximum atomic E-state index is 10.5. The van der Waals surface area contributed by atoms with Gasteiger partial charge in [-0.15, -0.1) is 0 Å². The van der Waals surface area contributed by atoms with Gasteiger partial charge in [-0.3, -0.25) is 15.1 Å². The SMILES string of the molecule is O=[N+]([O-])c1ccc(CNCCc2cccnc2)s1. The zero-order valence-corrected chi connectivity index (χ0v) is 10.5. The molecule has 2 aromatic heterocycles. The van der Waals surface area contributed by atoms with Crippen molar-refractivity contribution in [1.29, 1.82) is 0 Å². The second-order valence-corrected chi connectivity index (χ2v) is 4.93. The number of aromatic nitrogens is 1. The Bertz CT molecular complexity index is 513. The fraction of sp³-hybridized carbons (Fsp3) is 0.250. The first-order chi connectivity index (χ1) is 8.75. The Morgan fingerprint density at radius 1 is 1.39 bits per heavy atom. The lowest BCUT2D eigenvalue weighted by Crippen LogP contribution is -2.15. The summed E-state index contributed by atoms with van der Waals surface area (Å²) < 4.78 is 0. The van der Waals surface area contributed by atoms with Crippen LogP contribution in [0.5, 0.6) is 0 Å². The first kappa shape index (κ1) is 12.7. The van der Waals surface area contributed by atoms with Crippen molar-refractivity contribution in [2.24, 2.45) is 0 Å². The number of hydrogen-bond donors (Lipinski definition) is 1. The van der Waals surface area contributed by atoms with Gasteiger partial charge < -0.3 is 5.32 Å². The molecule has 0 atom stereocenters. The fourth-order valence-corrected chi connectivity index (χ4v) is 2.34. The first-order valence-electron chi connectivity index (χ1n) is 5.58. The molecule has 0 fully saturated rings. The fourth-order valence-electron chi connectivity index (χ4n) is 1.55. The van der Waals surface area contributed by atoms with Crippen LogP contribution in [0.2, 0.25) is 0 Å². The van der Waals surface area contributed by atoms with Crippen LogP contribution < -0.4 is 5.32 Å². The minimum absolute atomic E-state index is 0.194. The standard InChI is InChI=1S/C12H13N3O2S/c16-15(17)12-4-3-11(18-12)9-14-7-5-10-2-1-6-13-8-10/h1-4,6,8,14H,5,7,9H2. The van der Waals surface area contributed by atoms with Crippen LogP contribution in [0.4, 0.5) is 5.00 Å². The van der Waals surface area contributed by atoms with Crippen LogP contribution in [0.1, 0.15) is 10.4 Å². The van der Waals surface area contributed by atoms with Gasteiger partial charge in [-0.1, -0.05) is 17.4 Å². The average Bonchev–Trinajstić information content (AvgIpc) is 2.85. The molecule has 0 aliphatic carbocycles. The van der Waals surface area contributed by atoms with Crippen molar-refractivity contribution in [2.45, 2.75) is 13.0 Å². The molecular weight excluding hydrogens is 250 g/mol. The normalized spacial score (nSPS) is 10.4. The second-order valence-electron chi connectivity index (χ2n) is 3.79. The van der Waals surface area contributed by atoms with Gasteiger partial charge in [0, 0.05) is 29.9 Å². The summed E-state index contributed by atoms with van der Waals surface area (Å²) in [5, 5.41) is 14.0. The number of hydrogen-bond acceptors (Lipinski definition) is 5. The molecule has 0 aromatic carbocycles. The Hall–Kier alpha value is -1.79. The highest BCUT2D eigenvalue weighted by Crippen LogP contribution is 2.23. The summed E-state index contributed by atoms with van der Waals surface area (Å²) in [4.78, 5) is 15.2. The molecule has 0 aliphatic rings. The molecule has 0 unspecified atom stereocenters. The van der Waals surface area contributed by atoms with Crippen molar-refractivity contribution in [3.63, 3.8) is 0 Å². The van der Waals surface area contributed by atoms with Crippen LogP contribution in [-0.2, 0) is 13.0 Å². The topological polar surface area (TPSA) is 68.1 Å². The number of rotatable bonds is 6. The monoisotopic (exact) mass is 263 g/mol. The Balaban J connectivity index is 1.73. The molecule has 2 aromatic rings. The van der Waals surface area contributed by atoms with Crippen LogP contribution in [0.3, 0.4) is 0 Å². The van der Waals surface area contributed by atoms with E-state index in [1.165, 1.54) is 16.9 Å². The highest BCUT2D eigenvalue weighted by atomic mass is 32.1. The van der Waals surface area contributed by atoms with Gasteiger partial charge in [-0.05, 0) is 30.7 Å². The van der Waals surface area contributed by atoms with E-state index in [0.717, 1.165) is 17.8 Å². The minimum Gasteiger partial charge on any atom is -0.312 e. The quantitative estimate of drug-likeness (QED) is 0.493. The Morgan fingerprint density at radius 2 is 2.28 bits per heavy atom. The van der Waals surface area contributed by atoms with Crippen molar-refractivity contribution < 1.29 is 4.92 Å². The van der Waals surface area contributed by atoms with Crippen LogP contribution in [-0.4, -0.2) is 16.5 Å². The molecule has 1 N–H and O–H groups in total. The van der Waals surface area contributed by atoms with Gasteiger partial charge in [0.15, 0.2) is 0 Å². The average molecular weight is 263 g/mol. The van der Waals surface area contributed by atoms with Crippen LogP contribution in [0.25, 0.3) is 0 Å². The van der Waals surface area contributed by atoms with E-state index in [4.69, 9.17) is 0 Å². The molecule has 0 radical (unpaired) electrons. The zero-order valence-electron chi connectivity index (χ0n) is 9.70. The molecule has 0 bridgehead atoms. The van der Waals surface area contributed by atoms with Crippen molar-refractivity contribution in [3.05, 3.63) is 57.2 Å². The van der Waals surface area contributed by atoms with E-state index in [9.17, 15) is 10.1 Å². The predicted octanol–water partition coefficient (Wildman–Crippen LogP) is 2.38. The third kappa shape index (κ3) is 3.61. The maximum Gasteiger partial charge on any atom is 0.324 e. The van der Waals surface area contributed by atoms with Crippen LogP contribution >= 0.6 is 11.3 Å². The van der Waals surface area contributed by atoms with Gasteiger partial charge >= 0.3 is 5.00 Å². The smallest absolute Gasteiger partial charge is 0.312 e. The third-order valence-corrected chi connectivity index (χ3v) is 3.48. The number of pyridine rings is 1. The van der Waals surface area contributed by atoms with Crippen LogP contribution in [0.15, 0.2) is 36.7 Å². The number of nitrogens with one attached hydrogen (secondary N) is 1. The third-order valence-electron chi connectivity index (χ3n) is 2.44. The van der Waals surface area contributed by atoms with Gasteiger partial charge in [-0.2, -0.15) is 0 Å². The molecule has 0 amide bonds. The second kappa shape index (κ2) is 6.23. The lowest BCUT2D eigenvalue weighted by atomic mass is 10.2. The summed E-state index contributed by atoms with van der Waals surface area (Å²) in [5.74, 6) is 0. The van der Waals surface area contributed by atoms with E-state index >= 15 is 0 Å².